The fourth-order valence-electron chi connectivity index (χ4n) is 8.71. The van der Waals surface area contributed by atoms with Gasteiger partial charge in [0.2, 0.25) is 5.79 Å². The highest BCUT2D eigenvalue weighted by Gasteiger charge is 2.84. The van der Waals surface area contributed by atoms with Crippen LogP contribution in [0.15, 0.2) is 29.3 Å². The molecule has 4 aliphatic heterocycles. The Morgan fingerprint density at radius 3 is 2.21 bits per heavy atom. The SMILES string of the molecule is C[C@H]1O[C@H](C)[C@@H](O)C2=C1C(=O)c1c(O)cc(O)c3c1[C@]21O[C@@H]2[C@@H](C)O[C@H](C)[C@@H]4C(=O)c5c(O)cc(O)cc5[C@@]3(O)[C@@]24O1. The number of rotatable bonds is 0. The van der Waals surface area contributed by atoms with E-state index in [1.807, 2.05) is 0 Å². The van der Waals surface area contributed by atoms with Gasteiger partial charge in [-0.1, -0.05) is 0 Å². The predicted molar refractivity (Wildman–Crippen MR) is 138 cm³/mol. The topological polar surface area (TPSA) is 192 Å². The van der Waals surface area contributed by atoms with Crippen molar-refractivity contribution in [3.63, 3.8) is 0 Å². The average molecular weight is 581 g/mol. The van der Waals surface area contributed by atoms with Gasteiger partial charge in [-0.15, -0.1) is 0 Å². The summed E-state index contributed by atoms with van der Waals surface area (Å²) in [5.41, 5.74) is -6.14. The number of Topliss-reactive ketones (excluding diaryl/α,β-unsaturated/α-hetero) is 2. The summed E-state index contributed by atoms with van der Waals surface area (Å²) in [5.74, 6) is -7.28. The van der Waals surface area contributed by atoms with Crippen molar-refractivity contribution >= 4 is 11.6 Å². The number of aliphatic hydroxyl groups is 2. The normalized spacial score (nSPS) is 42.6. The first-order chi connectivity index (χ1) is 19.7. The van der Waals surface area contributed by atoms with E-state index in [2.05, 4.69) is 0 Å². The van der Waals surface area contributed by atoms with E-state index < -0.39 is 94.1 Å². The van der Waals surface area contributed by atoms with Gasteiger partial charge in [-0.05, 0) is 33.8 Å². The van der Waals surface area contributed by atoms with Crippen LogP contribution in [-0.2, 0) is 30.3 Å². The van der Waals surface area contributed by atoms with Gasteiger partial charge in [0.15, 0.2) is 22.8 Å². The molecule has 12 heteroatoms. The number of phenols is 4. The summed E-state index contributed by atoms with van der Waals surface area (Å²) >= 11 is 0. The molecule has 4 heterocycles. The van der Waals surface area contributed by atoms with E-state index in [1.165, 1.54) is 0 Å². The van der Waals surface area contributed by atoms with Crippen LogP contribution in [0.5, 0.6) is 23.0 Å². The lowest BCUT2D eigenvalue weighted by Gasteiger charge is -2.60. The Hall–Kier alpha value is -3.52. The number of aliphatic hydroxyl groups excluding tert-OH is 1. The second-order valence-corrected chi connectivity index (χ2v) is 12.2. The first-order valence-corrected chi connectivity index (χ1v) is 13.8. The molecule has 2 saturated heterocycles. The Kier molecular flexibility index (Phi) is 4.67. The van der Waals surface area contributed by atoms with E-state index >= 15 is 0 Å². The number of ether oxygens (including phenoxy) is 4. The van der Waals surface area contributed by atoms with Crippen LogP contribution in [0.25, 0.3) is 0 Å². The number of hydrogen-bond acceptors (Lipinski definition) is 12. The smallest absolute Gasteiger partial charge is 0.224 e. The van der Waals surface area contributed by atoms with E-state index in [9.17, 15) is 40.2 Å². The summed E-state index contributed by atoms with van der Waals surface area (Å²) in [5, 5.41) is 68.9. The Balaban J connectivity index is 1.61. The van der Waals surface area contributed by atoms with Crippen molar-refractivity contribution in [1.82, 2.24) is 0 Å². The number of hydrogen-bond donors (Lipinski definition) is 6. The van der Waals surface area contributed by atoms with E-state index in [-0.39, 0.29) is 39.0 Å². The first kappa shape index (κ1) is 26.1. The molecule has 220 valence electrons. The molecule has 12 nitrogen and oxygen atoms in total. The maximum atomic E-state index is 14.3. The number of fused-ring (bicyclic) bond motifs is 3. The predicted octanol–water partition coefficient (Wildman–Crippen LogP) is 1.35. The van der Waals surface area contributed by atoms with Crippen LogP contribution in [0.4, 0.5) is 0 Å². The maximum absolute atomic E-state index is 14.3. The third-order valence-electron chi connectivity index (χ3n) is 10.1. The van der Waals surface area contributed by atoms with Gasteiger partial charge in [0.25, 0.3) is 0 Å². The van der Waals surface area contributed by atoms with Crippen LogP contribution in [0.3, 0.4) is 0 Å². The summed E-state index contributed by atoms with van der Waals surface area (Å²) in [6.07, 6.45) is -6.17. The van der Waals surface area contributed by atoms with Gasteiger partial charge in [0.1, 0.15) is 35.2 Å². The van der Waals surface area contributed by atoms with Crippen LogP contribution < -0.4 is 0 Å². The van der Waals surface area contributed by atoms with E-state index in [4.69, 9.17) is 18.9 Å². The number of carbonyl (C=O) groups excluding carboxylic acids is 2. The molecule has 8 rings (SSSR count). The van der Waals surface area contributed by atoms with Crippen LogP contribution in [-0.4, -0.2) is 84.4 Å². The molecule has 2 aliphatic carbocycles. The lowest BCUT2D eigenvalue weighted by atomic mass is 9.52. The van der Waals surface area contributed by atoms with Gasteiger partial charge in [-0.25, -0.2) is 0 Å². The third-order valence-corrected chi connectivity index (χ3v) is 10.1. The molecule has 2 aromatic carbocycles. The highest BCUT2D eigenvalue weighted by atomic mass is 16.8. The molecule has 0 saturated carbocycles. The zero-order valence-electron chi connectivity index (χ0n) is 22.9. The van der Waals surface area contributed by atoms with E-state index in [0.717, 1.165) is 18.2 Å². The van der Waals surface area contributed by atoms with Gasteiger partial charge in [-0.2, -0.15) is 0 Å². The monoisotopic (exact) mass is 580 g/mol. The Labute approximate surface area is 238 Å². The maximum Gasteiger partial charge on any atom is 0.224 e. The van der Waals surface area contributed by atoms with Gasteiger partial charge in [-0.3, -0.25) is 9.59 Å². The summed E-state index contributed by atoms with van der Waals surface area (Å²) in [6, 6.07) is 2.96. The Morgan fingerprint density at radius 1 is 0.810 bits per heavy atom. The molecule has 42 heavy (non-hydrogen) atoms. The molecule has 6 N–H and O–H groups in total. The largest absolute Gasteiger partial charge is 0.508 e. The van der Waals surface area contributed by atoms with Crippen molar-refractivity contribution in [3.8, 4) is 23.0 Å². The summed E-state index contributed by atoms with van der Waals surface area (Å²) in [4.78, 5) is 28.4. The molecule has 0 radical (unpaired) electrons. The van der Waals surface area contributed by atoms with E-state index in [0.29, 0.717) is 0 Å². The lowest BCUT2D eigenvalue weighted by Crippen LogP contribution is -2.75. The minimum atomic E-state index is -2.54. The molecule has 2 bridgehead atoms. The van der Waals surface area contributed by atoms with Gasteiger partial charge in [0.05, 0.1) is 41.5 Å². The molecule has 2 spiro atoms. The highest BCUT2D eigenvalue weighted by molar-refractivity contribution is 6.15. The molecule has 6 aliphatic rings. The van der Waals surface area contributed by atoms with Crippen LogP contribution in [0.2, 0.25) is 0 Å². The minimum Gasteiger partial charge on any atom is -0.508 e. The van der Waals surface area contributed by atoms with Gasteiger partial charge >= 0.3 is 0 Å². The zero-order chi connectivity index (χ0) is 30.0. The number of benzene rings is 2. The Morgan fingerprint density at radius 2 is 1.50 bits per heavy atom. The summed E-state index contributed by atoms with van der Waals surface area (Å²) in [6.45, 7) is 6.48. The molecule has 2 fully saturated rings. The quantitative estimate of drug-likeness (QED) is 0.262. The number of phenolic OH excluding ortho intramolecular Hbond substituents is 4. The van der Waals surface area contributed by atoms with Crippen LogP contribution >= 0.6 is 0 Å². The van der Waals surface area contributed by atoms with E-state index in [1.54, 1.807) is 27.7 Å². The molecule has 0 amide bonds. The fraction of sp³-hybridized carbons (Fsp3) is 0.467. The van der Waals surface area contributed by atoms with Crippen molar-refractivity contribution in [3.05, 3.63) is 57.2 Å². The fourth-order valence-corrected chi connectivity index (χ4v) is 8.71. The van der Waals surface area contributed by atoms with Crippen molar-refractivity contribution in [1.29, 1.82) is 0 Å². The highest BCUT2D eigenvalue weighted by Crippen LogP contribution is 2.73. The number of ketones is 2. The molecular formula is C30H28O12. The molecule has 2 aromatic rings. The lowest BCUT2D eigenvalue weighted by molar-refractivity contribution is -0.274. The molecule has 0 unspecified atom stereocenters. The molecule has 0 aromatic heterocycles. The third kappa shape index (κ3) is 2.47. The van der Waals surface area contributed by atoms with Gasteiger partial charge < -0.3 is 49.6 Å². The Bertz CT molecular complexity index is 1710. The second kappa shape index (κ2) is 7.51. The standard InChI is InChI=1S/C30H28O12/c1-8-17-23(24(35)10(3)39-8)30-22-19(25(17)36)15(33)7-16(34)21(22)28(38)13-5-12(31)6-14(32)18(13)26(37)20-9(2)40-11(4)27(41-30)29(20,28)42-30/h5-11,20,24,27,31-35,38H,1-4H3/t8-,9-,10-,11-,20-,24-,27-,28+,29+,30-/m1/s1. The summed E-state index contributed by atoms with van der Waals surface area (Å²) in [7, 11) is 0. The van der Waals surface area contributed by atoms with Gasteiger partial charge in [0, 0.05) is 40.0 Å². The zero-order valence-corrected chi connectivity index (χ0v) is 22.9. The summed E-state index contributed by atoms with van der Waals surface area (Å²) < 4.78 is 25.6. The average Bonchev–Trinajstić information content (AvgIpc) is 3.21. The second-order valence-electron chi connectivity index (χ2n) is 12.2. The van der Waals surface area contributed by atoms with Crippen molar-refractivity contribution < 1.29 is 59.2 Å². The van der Waals surface area contributed by atoms with Crippen molar-refractivity contribution in [2.75, 3.05) is 0 Å². The molecule has 10 atom stereocenters. The van der Waals surface area contributed by atoms with Crippen molar-refractivity contribution in [2.45, 2.75) is 81.3 Å². The number of aromatic hydroxyl groups is 4. The number of carbonyl (C=O) groups is 2. The minimum absolute atomic E-state index is 0.0149. The van der Waals surface area contributed by atoms with Crippen LogP contribution in [0, 0.1) is 5.92 Å². The first-order valence-electron chi connectivity index (χ1n) is 13.8. The van der Waals surface area contributed by atoms with Crippen molar-refractivity contribution in [2.24, 2.45) is 5.92 Å². The van der Waals surface area contributed by atoms with Crippen LogP contribution in [0.1, 0.15) is 65.1 Å². The molecular weight excluding hydrogens is 552 g/mol.